The average Bonchev–Trinajstić information content (AvgIpc) is 2.74. The maximum atomic E-state index is 12.6. The summed E-state index contributed by atoms with van der Waals surface area (Å²) in [6, 6.07) is 6.02. The first kappa shape index (κ1) is 16.1. The van der Waals surface area contributed by atoms with Crippen molar-refractivity contribution in [2.45, 2.75) is 70.7 Å². The number of nitrogens with one attached hydrogen (secondary N) is 1. The highest BCUT2D eigenvalue weighted by Crippen LogP contribution is 2.36. The topological polar surface area (TPSA) is 61.8 Å². The molecule has 0 saturated carbocycles. The quantitative estimate of drug-likeness (QED) is 0.899. The Morgan fingerprint density at radius 3 is 2.57 bits per heavy atom. The van der Waals surface area contributed by atoms with Gasteiger partial charge in [-0.05, 0) is 58.1 Å². The average molecular weight is 318 g/mol. The molecule has 0 unspecified atom stereocenters. The predicted octanol–water partition coefficient (Wildman–Crippen LogP) is 3.30. The van der Waals surface area contributed by atoms with Crippen LogP contribution >= 0.6 is 0 Å². The zero-order valence-electron chi connectivity index (χ0n) is 14.1. The van der Waals surface area contributed by atoms with E-state index in [-0.39, 0.29) is 30.3 Å². The minimum absolute atomic E-state index is 0.0660. The minimum Gasteiger partial charge on any atom is -0.491 e. The van der Waals surface area contributed by atoms with Gasteiger partial charge in [-0.25, -0.2) is 4.79 Å². The molecule has 2 N–H and O–H groups in total. The molecule has 2 atom stereocenters. The lowest BCUT2D eigenvalue weighted by atomic mass is 10.0. The van der Waals surface area contributed by atoms with Gasteiger partial charge in [0.05, 0.1) is 12.2 Å². The number of carbonyl (C=O) groups is 1. The zero-order valence-corrected chi connectivity index (χ0v) is 14.1. The summed E-state index contributed by atoms with van der Waals surface area (Å²) in [5.41, 5.74) is 1.81. The molecule has 3 rings (SSSR count). The zero-order chi connectivity index (χ0) is 16.6. The van der Waals surface area contributed by atoms with Gasteiger partial charge in [-0.1, -0.05) is 6.07 Å². The Morgan fingerprint density at radius 2 is 1.96 bits per heavy atom. The van der Waals surface area contributed by atoms with Crippen LogP contribution in [0, 0.1) is 6.92 Å². The van der Waals surface area contributed by atoms with Crippen LogP contribution in [0.1, 0.15) is 45.1 Å². The normalized spacial score (nSPS) is 26.5. The van der Waals surface area contributed by atoms with Crippen LogP contribution in [0.5, 0.6) is 5.75 Å². The molecule has 0 radical (unpaired) electrons. The molecule has 0 spiro atoms. The molecular formula is C18H26N2O3. The number of nitrogens with zero attached hydrogens (tertiary/aromatic N) is 1. The lowest BCUT2D eigenvalue weighted by molar-refractivity contribution is 0.0580. The third-order valence-electron chi connectivity index (χ3n) is 4.74. The van der Waals surface area contributed by atoms with Gasteiger partial charge in [0, 0.05) is 23.8 Å². The fraction of sp³-hybridized carbons (Fsp3) is 0.611. The molecule has 1 aromatic carbocycles. The maximum Gasteiger partial charge on any atom is 0.322 e. The van der Waals surface area contributed by atoms with Crippen LogP contribution in [-0.2, 0) is 0 Å². The van der Waals surface area contributed by atoms with E-state index in [0.29, 0.717) is 12.8 Å². The number of urea groups is 1. The number of rotatable bonds is 3. The predicted molar refractivity (Wildman–Crippen MR) is 89.9 cm³/mol. The monoisotopic (exact) mass is 318 g/mol. The Morgan fingerprint density at radius 1 is 1.30 bits per heavy atom. The summed E-state index contributed by atoms with van der Waals surface area (Å²) in [5.74, 6) is 0.801. The van der Waals surface area contributed by atoms with E-state index in [1.807, 2.05) is 43.9 Å². The molecule has 2 bridgehead atoms. The van der Waals surface area contributed by atoms with E-state index < -0.39 is 0 Å². The molecule has 1 aromatic rings. The second-order valence-electron chi connectivity index (χ2n) is 6.99. The molecule has 0 aliphatic carbocycles. The minimum atomic E-state index is -0.262. The smallest absolute Gasteiger partial charge is 0.322 e. The van der Waals surface area contributed by atoms with Crippen LogP contribution in [-0.4, -0.2) is 40.3 Å². The summed E-state index contributed by atoms with van der Waals surface area (Å²) >= 11 is 0. The van der Waals surface area contributed by atoms with Crippen molar-refractivity contribution in [1.82, 2.24) is 4.90 Å². The van der Waals surface area contributed by atoms with E-state index in [0.717, 1.165) is 29.8 Å². The van der Waals surface area contributed by atoms with E-state index in [1.165, 1.54) is 0 Å². The molecule has 5 nitrogen and oxygen atoms in total. The number of amides is 2. The number of benzene rings is 1. The van der Waals surface area contributed by atoms with E-state index in [1.54, 1.807) is 0 Å². The lowest BCUT2D eigenvalue weighted by Gasteiger charge is -2.37. The molecule has 5 heteroatoms. The van der Waals surface area contributed by atoms with Crippen LogP contribution in [0.4, 0.5) is 10.5 Å². The van der Waals surface area contributed by atoms with Crippen molar-refractivity contribution in [3.8, 4) is 5.75 Å². The number of aliphatic hydroxyl groups excluding tert-OH is 1. The maximum absolute atomic E-state index is 12.6. The number of ether oxygens (including phenoxy) is 1. The Hall–Kier alpha value is -1.75. The number of carbonyl (C=O) groups excluding carboxylic acids is 1. The SMILES string of the molecule is Cc1ccc(NC(=O)N2[C@H]3CC[C@H]2CC(O)C3)cc1OC(C)C. The molecule has 0 aromatic heterocycles. The highest BCUT2D eigenvalue weighted by molar-refractivity contribution is 5.90. The lowest BCUT2D eigenvalue weighted by Crippen LogP contribution is -2.49. The molecule has 2 fully saturated rings. The summed E-state index contributed by atoms with van der Waals surface area (Å²) < 4.78 is 5.78. The Bertz CT molecular complexity index is 574. The van der Waals surface area contributed by atoms with Crippen molar-refractivity contribution in [3.05, 3.63) is 23.8 Å². The highest BCUT2D eigenvalue weighted by atomic mass is 16.5. The number of piperidine rings is 1. The van der Waals surface area contributed by atoms with Gasteiger partial charge in [-0.15, -0.1) is 0 Å². The molecule has 2 amide bonds. The summed E-state index contributed by atoms with van der Waals surface area (Å²) in [6.45, 7) is 5.97. The van der Waals surface area contributed by atoms with Crippen molar-refractivity contribution in [2.24, 2.45) is 0 Å². The van der Waals surface area contributed by atoms with Gasteiger partial charge in [0.1, 0.15) is 5.75 Å². The molecular weight excluding hydrogens is 292 g/mol. The van der Waals surface area contributed by atoms with Crippen LogP contribution < -0.4 is 10.1 Å². The van der Waals surface area contributed by atoms with Gasteiger partial charge in [-0.3, -0.25) is 0 Å². The van der Waals surface area contributed by atoms with E-state index in [4.69, 9.17) is 4.74 Å². The van der Waals surface area contributed by atoms with Crippen molar-refractivity contribution in [2.75, 3.05) is 5.32 Å². The number of anilines is 1. The van der Waals surface area contributed by atoms with Crippen LogP contribution in [0.15, 0.2) is 18.2 Å². The Balaban J connectivity index is 1.71. The number of aliphatic hydroxyl groups is 1. The van der Waals surface area contributed by atoms with Gasteiger partial charge in [-0.2, -0.15) is 0 Å². The summed E-state index contributed by atoms with van der Waals surface area (Å²) in [4.78, 5) is 14.6. The van der Waals surface area contributed by atoms with Crippen LogP contribution in [0.3, 0.4) is 0 Å². The van der Waals surface area contributed by atoms with Crippen molar-refractivity contribution < 1.29 is 14.6 Å². The molecule has 2 heterocycles. The standard InChI is InChI=1S/C18H26N2O3/c1-11(2)23-17-8-13(5-4-12(17)3)19-18(22)20-14-6-7-15(20)10-16(21)9-14/h4-5,8,11,14-16,21H,6-7,9-10H2,1-3H3,(H,19,22)/t14-,15-/m0/s1. The van der Waals surface area contributed by atoms with E-state index >= 15 is 0 Å². The van der Waals surface area contributed by atoms with Crippen molar-refractivity contribution in [3.63, 3.8) is 0 Å². The molecule has 2 aliphatic heterocycles. The van der Waals surface area contributed by atoms with Gasteiger partial charge < -0.3 is 20.1 Å². The van der Waals surface area contributed by atoms with Gasteiger partial charge in [0.25, 0.3) is 0 Å². The van der Waals surface area contributed by atoms with Crippen LogP contribution in [0.25, 0.3) is 0 Å². The number of hydrogen-bond donors (Lipinski definition) is 2. The van der Waals surface area contributed by atoms with Crippen molar-refractivity contribution in [1.29, 1.82) is 0 Å². The first-order chi connectivity index (χ1) is 10.9. The fourth-order valence-electron chi connectivity index (χ4n) is 3.73. The summed E-state index contributed by atoms with van der Waals surface area (Å²) in [7, 11) is 0. The first-order valence-electron chi connectivity index (χ1n) is 8.48. The number of fused-ring (bicyclic) bond motifs is 2. The number of hydrogen-bond acceptors (Lipinski definition) is 3. The number of aryl methyl sites for hydroxylation is 1. The van der Waals surface area contributed by atoms with E-state index in [9.17, 15) is 9.90 Å². The van der Waals surface area contributed by atoms with Gasteiger partial charge >= 0.3 is 6.03 Å². The second kappa shape index (κ2) is 6.40. The fourth-order valence-corrected chi connectivity index (χ4v) is 3.73. The molecule has 23 heavy (non-hydrogen) atoms. The van der Waals surface area contributed by atoms with Gasteiger partial charge in [0.2, 0.25) is 0 Å². The highest BCUT2D eigenvalue weighted by Gasteiger charge is 2.42. The largest absolute Gasteiger partial charge is 0.491 e. The second-order valence-corrected chi connectivity index (χ2v) is 6.99. The molecule has 2 saturated heterocycles. The van der Waals surface area contributed by atoms with E-state index in [2.05, 4.69) is 5.32 Å². The molecule has 126 valence electrons. The van der Waals surface area contributed by atoms with Crippen molar-refractivity contribution >= 4 is 11.7 Å². The third kappa shape index (κ3) is 3.44. The summed E-state index contributed by atoms with van der Waals surface area (Å²) in [5, 5.41) is 12.8. The van der Waals surface area contributed by atoms with Gasteiger partial charge in [0.15, 0.2) is 0 Å². The Kier molecular flexibility index (Phi) is 4.48. The van der Waals surface area contributed by atoms with Crippen LogP contribution in [0.2, 0.25) is 0 Å². The summed E-state index contributed by atoms with van der Waals surface area (Å²) in [6.07, 6.45) is 3.20. The first-order valence-corrected chi connectivity index (χ1v) is 8.48. The Labute approximate surface area is 137 Å². The third-order valence-corrected chi connectivity index (χ3v) is 4.74. The molecule has 2 aliphatic rings.